The molecule has 0 amide bonds. The second kappa shape index (κ2) is 17.7. The van der Waals surface area contributed by atoms with Crippen molar-refractivity contribution in [1.82, 2.24) is 0 Å². The van der Waals surface area contributed by atoms with Crippen LogP contribution < -0.4 is 0 Å². The van der Waals surface area contributed by atoms with E-state index in [-0.39, 0.29) is 19.0 Å². The monoisotopic (exact) mass is 364 g/mol. The van der Waals surface area contributed by atoms with E-state index in [1.54, 1.807) is 0 Å². The Balaban J connectivity index is 3.22. The third kappa shape index (κ3) is 18.2. The molecule has 0 aromatic rings. The molecule has 0 aromatic carbocycles. The first-order chi connectivity index (χ1) is 11.6. The molecule has 0 fully saturated rings. The van der Waals surface area contributed by atoms with Gasteiger partial charge < -0.3 is 5.11 Å². The highest BCUT2D eigenvalue weighted by molar-refractivity contribution is 7.86. The normalized spacial score (nSPS) is 11.9. The van der Waals surface area contributed by atoms with Gasteiger partial charge in [-0.05, 0) is 12.8 Å². The van der Waals surface area contributed by atoms with Gasteiger partial charge in [-0.25, -0.2) is 0 Å². The maximum Gasteiger partial charge on any atom is 0.267 e. The van der Waals surface area contributed by atoms with Crippen LogP contribution in [0.4, 0.5) is 0 Å². The summed E-state index contributed by atoms with van der Waals surface area (Å²) in [5, 5.41) is 8.60. The molecule has 0 radical (unpaired) electrons. The highest BCUT2D eigenvalue weighted by Crippen LogP contribution is 2.13. The first kappa shape index (κ1) is 23.9. The molecule has 0 spiro atoms. The highest BCUT2D eigenvalue weighted by Gasteiger charge is 2.09. The van der Waals surface area contributed by atoms with Crippen LogP contribution in [0.3, 0.4) is 0 Å². The Labute approximate surface area is 150 Å². The van der Waals surface area contributed by atoms with Crippen LogP contribution >= 0.6 is 0 Å². The van der Waals surface area contributed by atoms with Crippen LogP contribution in [0.15, 0.2) is 0 Å². The lowest BCUT2D eigenvalue weighted by Gasteiger charge is -2.05. The zero-order valence-corrected chi connectivity index (χ0v) is 16.6. The van der Waals surface area contributed by atoms with Gasteiger partial charge >= 0.3 is 0 Å². The summed E-state index contributed by atoms with van der Waals surface area (Å²) in [5.74, 6) is 0.108. The van der Waals surface area contributed by atoms with Crippen LogP contribution in [0.2, 0.25) is 0 Å². The summed E-state index contributed by atoms with van der Waals surface area (Å²) in [5.41, 5.74) is 0. The van der Waals surface area contributed by atoms with Crippen molar-refractivity contribution in [3.05, 3.63) is 0 Å². The van der Waals surface area contributed by atoms with Crippen LogP contribution in [-0.2, 0) is 14.3 Å². The zero-order valence-electron chi connectivity index (χ0n) is 15.8. The van der Waals surface area contributed by atoms with Crippen molar-refractivity contribution in [3.8, 4) is 0 Å². The molecule has 0 saturated heterocycles. The fraction of sp³-hybridized carbons (Fsp3) is 1.00. The molecule has 0 aromatic heterocycles. The fourth-order valence-corrected chi connectivity index (χ4v) is 3.83. The van der Waals surface area contributed by atoms with Gasteiger partial charge in [0.15, 0.2) is 0 Å². The molecule has 0 bridgehead atoms. The van der Waals surface area contributed by atoms with E-state index in [1.807, 2.05) is 0 Å². The zero-order chi connectivity index (χ0) is 17.9. The minimum atomic E-state index is -3.38. The van der Waals surface area contributed by atoms with Crippen molar-refractivity contribution in [2.45, 2.75) is 103 Å². The molecule has 5 heteroatoms. The summed E-state index contributed by atoms with van der Waals surface area (Å²) in [6, 6.07) is 0. The van der Waals surface area contributed by atoms with Gasteiger partial charge in [0, 0.05) is 6.61 Å². The molecule has 0 saturated carbocycles. The molecular weight excluding hydrogens is 324 g/mol. The van der Waals surface area contributed by atoms with Gasteiger partial charge in [-0.15, -0.1) is 0 Å². The van der Waals surface area contributed by atoms with Gasteiger partial charge in [0.1, 0.15) is 0 Å². The predicted octanol–water partition coefficient (Wildman–Crippen LogP) is 5.20. The molecule has 0 unspecified atom stereocenters. The van der Waals surface area contributed by atoms with E-state index in [9.17, 15) is 8.42 Å². The highest BCUT2D eigenvalue weighted by atomic mass is 32.2. The van der Waals surface area contributed by atoms with Crippen LogP contribution in [-0.4, -0.2) is 32.5 Å². The second-order valence-electron chi connectivity index (χ2n) is 6.76. The van der Waals surface area contributed by atoms with Crippen molar-refractivity contribution in [2.24, 2.45) is 0 Å². The molecule has 0 atom stereocenters. The van der Waals surface area contributed by atoms with E-state index in [2.05, 4.69) is 6.92 Å². The van der Waals surface area contributed by atoms with Gasteiger partial charge in [0.2, 0.25) is 0 Å². The van der Waals surface area contributed by atoms with Gasteiger partial charge in [-0.3, -0.25) is 4.18 Å². The molecule has 0 aliphatic heterocycles. The maximum atomic E-state index is 11.5. The van der Waals surface area contributed by atoms with Crippen molar-refractivity contribution in [3.63, 3.8) is 0 Å². The molecule has 0 aliphatic rings. The Morgan fingerprint density at radius 3 is 1.50 bits per heavy atom. The number of hydrogen-bond acceptors (Lipinski definition) is 4. The smallest absolute Gasteiger partial charge is 0.267 e. The van der Waals surface area contributed by atoms with Crippen molar-refractivity contribution in [1.29, 1.82) is 0 Å². The third-order valence-corrected chi connectivity index (χ3v) is 5.63. The summed E-state index contributed by atoms with van der Waals surface area (Å²) in [4.78, 5) is 0. The Morgan fingerprint density at radius 2 is 1.08 bits per heavy atom. The minimum Gasteiger partial charge on any atom is -0.396 e. The Bertz CT molecular complexity index is 341. The minimum absolute atomic E-state index is 0.0334. The van der Waals surface area contributed by atoms with Gasteiger partial charge in [-0.2, -0.15) is 8.42 Å². The first-order valence-corrected chi connectivity index (χ1v) is 11.7. The Hall–Kier alpha value is -0.130. The topological polar surface area (TPSA) is 63.6 Å². The fourth-order valence-electron chi connectivity index (χ4n) is 2.78. The van der Waals surface area contributed by atoms with E-state index >= 15 is 0 Å². The Morgan fingerprint density at radius 1 is 0.667 bits per heavy atom. The maximum absolute atomic E-state index is 11.5. The van der Waals surface area contributed by atoms with E-state index in [0.717, 1.165) is 12.8 Å². The lowest BCUT2D eigenvalue weighted by Crippen LogP contribution is -2.12. The number of hydrogen-bond donors (Lipinski definition) is 1. The Kier molecular flexibility index (Phi) is 17.6. The lowest BCUT2D eigenvalue weighted by atomic mass is 10.0. The van der Waals surface area contributed by atoms with E-state index in [4.69, 9.17) is 9.29 Å². The number of aliphatic hydroxyl groups is 1. The van der Waals surface area contributed by atoms with Gasteiger partial charge in [-0.1, -0.05) is 90.4 Å². The van der Waals surface area contributed by atoms with E-state index in [1.165, 1.54) is 70.6 Å². The number of rotatable bonds is 19. The predicted molar refractivity (Wildman–Crippen MR) is 102 cm³/mol. The molecule has 1 N–H and O–H groups in total. The van der Waals surface area contributed by atoms with Crippen LogP contribution in [0.25, 0.3) is 0 Å². The summed E-state index contributed by atoms with van der Waals surface area (Å²) in [6.07, 6.45) is 17.9. The standard InChI is InChI=1S/C19H40O4S/c1-2-3-4-5-6-7-8-9-10-11-12-13-14-15-19-24(21,22)23-18-16-17-20/h20H,2-19H2,1H3. The summed E-state index contributed by atoms with van der Waals surface area (Å²) in [6.45, 7) is 2.32. The number of unbranched alkanes of at least 4 members (excludes halogenated alkanes) is 13. The molecular formula is C19H40O4S. The molecule has 0 aliphatic carbocycles. The second-order valence-corrected chi connectivity index (χ2v) is 8.52. The third-order valence-electron chi connectivity index (χ3n) is 4.31. The van der Waals surface area contributed by atoms with E-state index < -0.39 is 10.1 Å². The summed E-state index contributed by atoms with van der Waals surface area (Å²) in [7, 11) is -3.38. The molecule has 0 rings (SSSR count). The average Bonchev–Trinajstić information content (AvgIpc) is 2.55. The molecule has 146 valence electrons. The van der Waals surface area contributed by atoms with Crippen molar-refractivity contribution >= 4 is 10.1 Å². The molecule has 4 nitrogen and oxygen atoms in total. The quantitative estimate of drug-likeness (QED) is 0.253. The average molecular weight is 365 g/mol. The summed E-state index contributed by atoms with van der Waals surface area (Å²) < 4.78 is 27.8. The SMILES string of the molecule is CCCCCCCCCCCCCCCCS(=O)(=O)OCCCO. The van der Waals surface area contributed by atoms with Crippen LogP contribution in [0, 0.1) is 0 Å². The van der Waals surface area contributed by atoms with Gasteiger partial charge in [0.05, 0.1) is 12.4 Å². The van der Waals surface area contributed by atoms with E-state index in [0.29, 0.717) is 12.8 Å². The summed E-state index contributed by atoms with van der Waals surface area (Å²) >= 11 is 0. The van der Waals surface area contributed by atoms with Crippen LogP contribution in [0.5, 0.6) is 0 Å². The number of aliphatic hydroxyl groups excluding tert-OH is 1. The van der Waals surface area contributed by atoms with Crippen molar-refractivity contribution < 1.29 is 17.7 Å². The van der Waals surface area contributed by atoms with Crippen molar-refractivity contribution in [2.75, 3.05) is 19.0 Å². The first-order valence-electron chi connectivity index (χ1n) is 10.1. The van der Waals surface area contributed by atoms with Crippen LogP contribution in [0.1, 0.15) is 103 Å². The largest absolute Gasteiger partial charge is 0.396 e. The van der Waals surface area contributed by atoms with Gasteiger partial charge in [0.25, 0.3) is 10.1 Å². The molecule has 24 heavy (non-hydrogen) atoms. The lowest BCUT2D eigenvalue weighted by molar-refractivity contribution is 0.236. The molecule has 0 heterocycles.